The van der Waals surface area contributed by atoms with Crippen molar-refractivity contribution in [3.63, 3.8) is 0 Å². The molecule has 1 amide bonds. The van der Waals surface area contributed by atoms with Crippen LogP contribution in [0, 0.1) is 0 Å². The first kappa shape index (κ1) is 14.0. The van der Waals surface area contributed by atoms with Crippen LogP contribution in [0.15, 0.2) is 12.5 Å². The molecule has 2 rings (SSSR count). The lowest BCUT2D eigenvalue weighted by atomic mass is 10.2. The van der Waals surface area contributed by atoms with Crippen LogP contribution in [0.1, 0.15) is 23.3 Å². The molecular weight excluding hydrogens is 242 g/mol. The molecular formula is C13H23N5O. The number of carbonyl (C=O) groups excluding carboxylic acids is 1. The summed E-state index contributed by atoms with van der Waals surface area (Å²) in [5.74, 6) is -0.0175. The summed E-state index contributed by atoms with van der Waals surface area (Å²) < 4.78 is 1.85. The van der Waals surface area contributed by atoms with Crippen LogP contribution in [0.25, 0.3) is 0 Å². The fourth-order valence-electron chi connectivity index (χ4n) is 2.55. The molecule has 0 bridgehead atoms. The molecule has 1 saturated heterocycles. The molecule has 19 heavy (non-hydrogen) atoms. The first-order chi connectivity index (χ1) is 9.11. The third kappa shape index (κ3) is 3.33. The lowest BCUT2D eigenvalue weighted by Gasteiger charge is -2.25. The van der Waals surface area contributed by atoms with E-state index in [0.717, 1.165) is 19.5 Å². The maximum atomic E-state index is 12.3. The molecule has 1 aromatic heterocycles. The molecule has 0 aromatic carbocycles. The first-order valence-electron chi connectivity index (χ1n) is 6.79. The Hall–Kier alpha value is -1.40. The summed E-state index contributed by atoms with van der Waals surface area (Å²) in [5, 5.41) is 0. The molecule has 106 valence electrons. The maximum Gasteiger partial charge on any atom is 0.273 e. The van der Waals surface area contributed by atoms with E-state index in [1.165, 1.54) is 6.42 Å². The molecule has 0 saturated carbocycles. The third-order valence-electron chi connectivity index (χ3n) is 3.74. The Labute approximate surface area is 114 Å². The molecule has 0 radical (unpaired) electrons. The Morgan fingerprint density at radius 3 is 3.05 bits per heavy atom. The van der Waals surface area contributed by atoms with Gasteiger partial charge in [-0.05, 0) is 26.4 Å². The molecule has 1 unspecified atom stereocenters. The normalized spacial score (nSPS) is 19.8. The van der Waals surface area contributed by atoms with Gasteiger partial charge in [-0.25, -0.2) is 4.98 Å². The Bertz CT molecular complexity index is 430. The van der Waals surface area contributed by atoms with E-state index in [4.69, 9.17) is 5.73 Å². The van der Waals surface area contributed by atoms with Gasteiger partial charge >= 0.3 is 0 Å². The van der Waals surface area contributed by atoms with E-state index >= 15 is 0 Å². The SMILES string of the molecule is CN(CC1CCCN1C)C(=O)c1cn(CCN)cn1. The molecule has 6 nitrogen and oxygen atoms in total. The minimum absolute atomic E-state index is 0.0175. The van der Waals surface area contributed by atoms with Crippen LogP contribution in [-0.4, -0.2) is 65.0 Å². The highest BCUT2D eigenvalue weighted by molar-refractivity contribution is 5.91. The molecule has 1 aromatic rings. The van der Waals surface area contributed by atoms with Crippen LogP contribution >= 0.6 is 0 Å². The minimum Gasteiger partial charge on any atom is -0.339 e. The van der Waals surface area contributed by atoms with E-state index in [2.05, 4.69) is 16.9 Å². The van der Waals surface area contributed by atoms with Gasteiger partial charge in [-0.15, -0.1) is 0 Å². The van der Waals surface area contributed by atoms with Crippen molar-refractivity contribution in [3.05, 3.63) is 18.2 Å². The van der Waals surface area contributed by atoms with Crippen LogP contribution in [0.2, 0.25) is 0 Å². The molecule has 1 aliphatic rings. The molecule has 2 heterocycles. The van der Waals surface area contributed by atoms with Gasteiger partial charge in [0, 0.05) is 38.9 Å². The summed E-state index contributed by atoms with van der Waals surface area (Å²) in [5.41, 5.74) is 5.98. The molecule has 1 aliphatic heterocycles. The van der Waals surface area contributed by atoms with Crippen molar-refractivity contribution in [3.8, 4) is 0 Å². The number of nitrogens with zero attached hydrogens (tertiary/aromatic N) is 4. The van der Waals surface area contributed by atoms with Gasteiger partial charge in [-0.3, -0.25) is 4.79 Å². The zero-order chi connectivity index (χ0) is 13.8. The van der Waals surface area contributed by atoms with Crippen LogP contribution in [0.3, 0.4) is 0 Å². The van der Waals surface area contributed by atoms with Crippen LogP contribution < -0.4 is 5.73 Å². The van der Waals surface area contributed by atoms with Crippen molar-refractivity contribution in [2.24, 2.45) is 5.73 Å². The van der Waals surface area contributed by atoms with Gasteiger partial charge in [0.1, 0.15) is 5.69 Å². The van der Waals surface area contributed by atoms with E-state index in [9.17, 15) is 4.79 Å². The standard InChI is InChI=1S/C13H23N5O/c1-16-6-3-4-11(16)8-17(2)13(19)12-9-18(7-5-14)10-15-12/h9-11H,3-8,14H2,1-2H3. The predicted octanol–water partition coefficient (Wildman–Crippen LogP) is 0.00800. The van der Waals surface area contributed by atoms with E-state index in [0.29, 0.717) is 24.8 Å². The summed E-state index contributed by atoms with van der Waals surface area (Å²) in [6.07, 6.45) is 5.81. The van der Waals surface area contributed by atoms with Gasteiger partial charge in [0.05, 0.1) is 6.33 Å². The lowest BCUT2D eigenvalue weighted by Crippen LogP contribution is -2.39. The predicted molar refractivity (Wildman–Crippen MR) is 73.9 cm³/mol. The number of likely N-dealkylation sites (N-methyl/N-ethyl adjacent to an activating group) is 2. The molecule has 0 aliphatic carbocycles. The number of likely N-dealkylation sites (tertiary alicyclic amines) is 1. The van der Waals surface area contributed by atoms with E-state index in [-0.39, 0.29) is 5.91 Å². The van der Waals surface area contributed by atoms with Gasteiger partial charge < -0.3 is 20.1 Å². The van der Waals surface area contributed by atoms with Crippen LogP contribution in [0.4, 0.5) is 0 Å². The summed E-state index contributed by atoms with van der Waals surface area (Å²) in [6.45, 7) is 3.12. The maximum absolute atomic E-state index is 12.3. The summed E-state index contributed by atoms with van der Waals surface area (Å²) >= 11 is 0. The lowest BCUT2D eigenvalue weighted by molar-refractivity contribution is 0.0756. The number of imidazole rings is 1. The Morgan fingerprint density at radius 2 is 2.42 bits per heavy atom. The highest BCUT2D eigenvalue weighted by atomic mass is 16.2. The van der Waals surface area contributed by atoms with Crippen LogP contribution in [0.5, 0.6) is 0 Å². The van der Waals surface area contributed by atoms with Crippen molar-refractivity contribution >= 4 is 5.91 Å². The average Bonchev–Trinajstić information content (AvgIpc) is 2.99. The second-order valence-electron chi connectivity index (χ2n) is 5.25. The highest BCUT2D eigenvalue weighted by Crippen LogP contribution is 2.16. The zero-order valence-electron chi connectivity index (χ0n) is 11.7. The quantitative estimate of drug-likeness (QED) is 0.814. The fourth-order valence-corrected chi connectivity index (χ4v) is 2.55. The third-order valence-corrected chi connectivity index (χ3v) is 3.74. The minimum atomic E-state index is -0.0175. The highest BCUT2D eigenvalue weighted by Gasteiger charge is 2.24. The number of carbonyl (C=O) groups is 1. The Morgan fingerprint density at radius 1 is 1.63 bits per heavy atom. The van der Waals surface area contributed by atoms with Crippen molar-refractivity contribution in [2.45, 2.75) is 25.4 Å². The monoisotopic (exact) mass is 265 g/mol. The molecule has 1 atom stereocenters. The van der Waals surface area contributed by atoms with Gasteiger partial charge in [0.2, 0.25) is 0 Å². The molecule has 6 heteroatoms. The average molecular weight is 265 g/mol. The summed E-state index contributed by atoms with van der Waals surface area (Å²) in [7, 11) is 3.96. The summed E-state index contributed by atoms with van der Waals surface area (Å²) in [6, 6.07) is 0.472. The second-order valence-corrected chi connectivity index (χ2v) is 5.25. The van der Waals surface area contributed by atoms with E-state index in [1.54, 1.807) is 17.4 Å². The van der Waals surface area contributed by atoms with Crippen molar-refractivity contribution in [2.75, 3.05) is 33.7 Å². The topological polar surface area (TPSA) is 67.4 Å². The van der Waals surface area contributed by atoms with Gasteiger partial charge in [0.15, 0.2) is 0 Å². The molecule has 2 N–H and O–H groups in total. The fraction of sp³-hybridized carbons (Fsp3) is 0.692. The number of hydrogen-bond donors (Lipinski definition) is 1. The number of aromatic nitrogens is 2. The van der Waals surface area contributed by atoms with Crippen molar-refractivity contribution < 1.29 is 4.79 Å². The van der Waals surface area contributed by atoms with Gasteiger partial charge in [0.25, 0.3) is 5.91 Å². The number of rotatable bonds is 5. The first-order valence-corrected chi connectivity index (χ1v) is 6.79. The van der Waals surface area contributed by atoms with Gasteiger partial charge in [-0.2, -0.15) is 0 Å². The van der Waals surface area contributed by atoms with Crippen molar-refractivity contribution in [1.29, 1.82) is 0 Å². The Balaban J connectivity index is 1.93. The summed E-state index contributed by atoms with van der Waals surface area (Å²) in [4.78, 5) is 20.5. The van der Waals surface area contributed by atoms with E-state index in [1.807, 2.05) is 11.6 Å². The van der Waals surface area contributed by atoms with Crippen molar-refractivity contribution in [1.82, 2.24) is 19.4 Å². The smallest absolute Gasteiger partial charge is 0.273 e. The Kier molecular flexibility index (Phi) is 4.55. The van der Waals surface area contributed by atoms with Gasteiger partial charge in [-0.1, -0.05) is 0 Å². The molecule has 0 spiro atoms. The zero-order valence-corrected chi connectivity index (χ0v) is 11.7. The number of nitrogens with two attached hydrogens (primary N) is 1. The van der Waals surface area contributed by atoms with Crippen LogP contribution in [-0.2, 0) is 6.54 Å². The number of hydrogen-bond acceptors (Lipinski definition) is 4. The molecule has 1 fully saturated rings. The van der Waals surface area contributed by atoms with E-state index < -0.39 is 0 Å². The number of amides is 1. The largest absolute Gasteiger partial charge is 0.339 e. The second kappa shape index (κ2) is 6.16.